The lowest BCUT2D eigenvalue weighted by atomic mass is 9.95. The maximum Gasteiger partial charge on any atom is 0.185 e. The largest absolute Gasteiger partial charge is 0.289 e. The van der Waals surface area contributed by atoms with Crippen molar-refractivity contribution in [2.24, 2.45) is 0 Å². The molecule has 0 spiro atoms. The number of thioether (sulfide) groups is 1. The van der Waals surface area contributed by atoms with E-state index in [0.29, 0.717) is 5.56 Å². The summed E-state index contributed by atoms with van der Waals surface area (Å²) in [5, 5.41) is 0. The average Bonchev–Trinajstić information content (AvgIpc) is 2.84. The van der Waals surface area contributed by atoms with Crippen molar-refractivity contribution in [1.82, 2.24) is 0 Å². The maximum atomic E-state index is 12.7. The highest BCUT2D eigenvalue weighted by atomic mass is 32.2. The van der Waals surface area contributed by atoms with Crippen molar-refractivity contribution in [3.63, 3.8) is 0 Å². The van der Waals surface area contributed by atoms with Gasteiger partial charge in [-0.05, 0) is 82.1 Å². The van der Waals surface area contributed by atoms with Crippen molar-refractivity contribution in [2.75, 3.05) is 5.75 Å². The normalized spacial score (nSPS) is 11.0. The van der Waals surface area contributed by atoms with E-state index < -0.39 is 0 Å². The van der Waals surface area contributed by atoms with E-state index >= 15 is 0 Å². The fraction of sp³-hybridized carbons (Fsp3) is 0.0690. The molecule has 0 aliphatic carbocycles. The molecular weight excluding hydrogens is 396 g/mol. The molecule has 0 radical (unpaired) electrons. The summed E-state index contributed by atoms with van der Waals surface area (Å²) in [4.78, 5) is 13.9. The van der Waals surface area contributed by atoms with Crippen LogP contribution in [0, 0.1) is 0 Å². The van der Waals surface area contributed by atoms with E-state index in [0.717, 1.165) is 33.6 Å². The Kier molecular flexibility index (Phi) is 6.81. The van der Waals surface area contributed by atoms with E-state index in [1.54, 1.807) is 17.8 Å². The molecule has 4 aromatic carbocycles. The van der Waals surface area contributed by atoms with Crippen molar-refractivity contribution >= 4 is 23.6 Å². The minimum Gasteiger partial charge on any atom is -0.289 e. The van der Waals surface area contributed by atoms with Gasteiger partial charge in [0.15, 0.2) is 5.78 Å². The number of hydrogen-bond donors (Lipinski definition) is 0. The van der Waals surface area contributed by atoms with Crippen LogP contribution < -0.4 is 0 Å². The number of benzene rings is 4. The fourth-order valence-corrected chi connectivity index (χ4v) is 4.15. The minimum atomic E-state index is 0.0134. The second kappa shape index (κ2) is 10.1. The first-order valence-electron chi connectivity index (χ1n) is 10.4. The first-order valence-corrected chi connectivity index (χ1v) is 11.4. The smallest absolute Gasteiger partial charge is 0.185 e. The monoisotopic (exact) mass is 420 g/mol. The molecule has 31 heavy (non-hydrogen) atoms. The molecule has 152 valence electrons. The lowest BCUT2D eigenvalue weighted by Gasteiger charge is -2.09. The molecule has 0 amide bonds. The van der Waals surface area contributed by atoms with Crippen LogP contribution in [-0.2, 0) is 0 Å². The molecule has 4 aromatic rings. The van der Waals surface area contributed by atoms with Crippen molar-refractivity contribution < 1.29 is 4.79 Å². The summed E-state index contributed by atoms with van der Waals surface area (Å²) in [5.41, 5.74) is 6.30. The van der Waals surface area contributed by atoms with Gasteiger partial charge in [0, 0.05) is 10.5 Å². The van der Waals surface area contributed by atoms with Gasteiger partial charge in [0.05, 0.1) is 0 Å². The van der Waals surface area contributed by atoms with Gasteiger partial charge < -0.3 is 0 Å². The Hall–Kier alpha value is -3.36. The number of ketones is 1. The summed E-state index contributed by atoms with van der Waals surface area (Å²) < 4.78 is 0. The molecule has 4 rings (SSSR count). The van der Waals surface area contributed by atoms with Crippen LogP contribution in [0.15, 0.2) is 114 Å². The van der Waals surface area contributed by atoms with Crippen LogP contribution in [0.25, 0.3) is 28.3 Å². The summed E-state index contributed by atoms with van der Waals surface area (Å²) in [6.45, 7) is 2.12. The molecule has 0 aliphatic heterocycles. The van der Waals surface area contributed by atoms with Crippen LogP contribution in [0.5, 0.6) is 0 Å². The van der Waals surface area contributed by atoms with E-state index in [2.05, 4.69) is 49.4 Å². The van der Waals surface area contributed by atoms with E-state index in [1.807, 2.05) is 66.7 Å². The molecule has 0 heterocycles. The van der Waals surface area contributed by atoms with Gasteiger partial charge in [-0.1, -0.05) is 73.7 Å². The highest BCUT2D eigenvalue weighted by molar-refractivity contribution is 7.99. The summed E-state index contributed by atoms with van der Waals surface area (Å²) in [6, 6.07) is 35.0. The molecule has 2 heteroatoms. The third-order valence-corrected chi connectivity index (χ3v) is 5.94. The highest BCUT2D eigenvalue weighted by Crippen LogP contribution is 2.29. The van der Waals surface area contributed by atoms with Gasteiger partial charge in [-0.3, -0.25) is 4.79 Å². The number of rotatable bonds is 7. The average molecular weight is 421 g/mol. The molecule has 0 N–H and O–H groups in total. The van der Waals surface area contributed by atoms with Gasteiger partial charge in [-0.15, -0.1) is 11.8 Å². The molecule has 1 nitrogen and oxygen atoms in total. The number of allylic oxidation sites excluding steroid dienone is 1. The summed E-state index contributed by atoms with van der Waals surface area (Å²) in [6.07, 6.45) is 3.58. The SMILES string of the molecule is CCSc1ccc(C(=O)C=Cc2cc(-c3ccccc3)cc(-c3ccccc3)c2)cc1. The Morgan fingerprint density at radius 2 is 1.26 bits per heavy atom. The fourth-order valence-electron chi connectivity index (χ4n) is 3.49. The molecule has 0 bridgehead atoms. The van der Waals surface area contributed by atoms with Gasteiger partial charge >= 0.3 is 0 Å². The first kappa shape index (κ1) is 20.9. The Morgan fingerprint density at radius 3 is 1.77 bits per heavy atom. The molecular formula is C29H24OS. The predicted octanol–water partition coefficient (Wildman–Crippen LogP) is 8.03. The van der Waals surface area contributed by atoms with Gasteiger partial charge in [-0.25, -0.2) is 0 Å². The summed E-state index contributed by atoms with van der Waals surface area (Å²) in [7, 11) is 0. The Morgan fingerprint density at radius 1 is 0.710 bits per heavy atom. The van der Waals surface area contributed by atoms with Gasteiger partial charge in [0.1, 0.15) is 0 Å². The molecule has 0 aliphatic rings. The van der Waals surface area contributed by atoms with Gasteiger partial charge in [-0.2, -0.15) is 0 Å². The zero-order valence-corrected chi connectivity index (χ0v) is 18.3. The lowest BCUT2D eigenvalue weighted by molar-refractivity contribution is 0.104. The number of carbonyl (C=O) groups excluding carboxylic acids is 1. The maximum absolute atomic E-state index is 12.7. The molecule has 0 aromatic heterocycles. The number of hydrogen-bond acceptors (Lipinski definition) is 2. The van der Waals surface area contributed by atoms with Gasteiger partial charge in [0.2, 0.25) is 0 Å². The topological polar surface area (TPSA) is 17.1 Å². The van der Waals surface area contributed by atoms with Crippen LogP contribution >= 0.6 is 11.8 Å². The lowest BCUT2D eigenvalue weighted by Crippen LogP contribution is -1.93. The molecule has 0 saturated heterocycles. The Balaban J connectivity index is 1.66. The van der Waals surface area contributed by atoms with Crippen LogP contribution in [0.4, 0.5) is 0 Å². The van der Waals surface area contributed by atoms with Crippen LogP contribution in [-0.4, -0.2) is 11.5 Å². The van der Waals surface area contributed by atoms with E-state index in [4.69, 9.17) is 0 Å². The van der Waals surface area contributed by atoms with Crippen molar-refractivity contribution in [2.45, 2.75) is 11.8 Å². The quantitative estimate of drug-likeness (QED) is 0.171. The molecule has 0 fully saturated rings. The molecule has 0 saturated carbocycles. The second-order valence-electron chi connectivity index (χ2n) is 7.23. The Labute approximate surface area is 188 Å². The third-order valence-electron chi connectivity index (χ3n) is 5.05. The van der Waals surface area contributed by atoms with Crippen LogP contribution in [0.1, 0.15) is 22.8 Å². The van der Waals surface area contributed by atoms with Crippen molar-refractivity contribution in [1.29, 1.82) is 0 Å². The van der Waals surface area contributed by atoms with Crippen molar-refractivity contribution in [3.05, 3.63) is 120 Å². The minimum absolute atomic E-state index is 0.0134. The summed E-state index contributed by atoms with van der Waals surface area (Å²) in [5.74, 6) is 1.04. The molecule has 0 unspecified atom stereocenters. The zero-order chi connectivity index (χ0) is 21.5. The summed E-state index contributed by atoms with van der Waals surface area (Å²) >= 11 is 1.78. The predicted molar refractivity (Wildman–Crippen MR) is 134 cm³/mol. The standard InChI is InChI=1S/C29H24OS/c1-2-31-28-16-14-25(15-17-28)29(30)18-13-22-19-26(23-9-5-3-6-10-23)21-27(20-22)24-11-7-4-8-12-24/h3-21H,2H2,1H3. The van der Waals surface area contributed by atoms with Gasteiger partial charge in [0.25, 0.3) is 0 Å². The highest BCUT2D eigenvalue weighted by Gasteiger charge is 2.06. The second-order valence-corrected chi connectivity index (χ2v) is 8.57. The van der Waals surface area contributed by atoms with Crippen LogP contribution in [0.3, 0.4) is 0 Å². The zero-order valence-electron chi connectivity index (χ0n) is 17.5. The first-order chi connectivity index (χ1) is 15.2. The third kappa shape index (κ3) is 5.42. The number of carbonyl (C=O) groups is 1. The molecule has 0 atom stereocenters. The van der Waals surface area contributed by atoms with E-state index in [9.17, 15) is 4.79 Å². The van der Waals surface area contributed by atoms with Crippen LogP contribution in [0.2, 0.25) is 0 Å². The van der Waals surface area contributed by atoms with Crippen molar-refractivity contribution in [3.8, 4) is 22.3 Å². The Bertz CT molecular complexity index is 1120. The van der Waals surface area contributed by atoms with E-state index in [-0.39, 0.29) is 5.78 Å². The van der Waals surface area contributed by atoms with E-state index in [1.165, 1.54) is 4.90 Å².